The normalized spacial score (nSPS) is 12.0. The van der Waals surface area contributed by atoms with E-state index in [0.717, 1.165) is 22.5 Å². The number of carbonyl (C=O) groups is 2. The van der Waals surface area contributed by atoms with E-state index in [0.29, 0.717) is 5.56 Å². The van der Waals surface area contributed by atoms with Gasteiger partial charge in [0.25, 0.3) is 5.91 Å². The third kappa shape index (κ3) is 3.77. The molecule has 2 aromatic rings. The summed E-state index contributed by atoms with van der Waals surface area (Å²) in [6, 6.07) is 5.62. The molecule has 2 N–H and O–H groups in total. The molecular formula is C17H21N3O3. The number of nitrogens with zero attached hydrogens (tertiary/aromatic N) is 2. The second kappa shape index (κ2) is 6.64. The van der Waals surface area contributed by atoms with Gasteiger partial charge in [-0.25, -0.2) is 4.68 Å². The Bertz CT molecular complexity index is 750. The van der Waals surface area contributed by atoms with Crippen LogP contribution in [0.5, 0.6) is 0 Å². The Morgan fingerprint density at radius 3 is 2.65 bits per heavy atom. The SMILES string of the molecule is Cc1ccc(C)c(-n2ncc(C(=O)NC(C)CC(=O)O)c2C)c1. The van der Waals surface area contributed by atoms with Gasteiger partial charge in [-0.2, -0.15) is 5.10 Å². The van der Waals surface area contributed by atoms with E-state index in [4.69, 9.17) is 5.11 Å². The van der Waals surface area contributed by atoms with Gasteiger partial charge < -0.3 is 10.4 Å². The molecular weight excluding hydrogens is 294 g/mol. The Morgan fingerprint density at radius 1 is 1.30 bits per heavy atom. The first kappa shape index (κ1) is 16.7. The Hall–Kier alpha value is -2.63. The second-order valence-electron chi connectivity index (χ2n) is 5.82. The number of hydrogen-bond donors (Lipinski definition) is 2. The molecule has 122 valence electrons. The Labute approximate surface area is 135 Å². The van der Waals surface area contributed by atoms with Gasteiger partial charge in [-0.05, 0) is 44.9 Å². The van der Waals surface area contributed by atoms with E-state index in [1.54, 1.807) is 11.6 Å². The predicted octanol–water partition coefficient (Wildman–Crippen LogP) is 2.39. The van der Waals surface area contributed by atoms with Crippen molar-refractivity contribution in [3.05, 3.63) is 46.8 Å². The third-order valence-corrected chi connectivity index (χ3v) is 3.71. The molecule has 0 saturated heterocycles. The predicted molar refractivity (Wildman–Crippen MR) is 87.0 cm³/mol. The van der Waals surface area contributed by atoms with Gasteiger partial charge in [0.2, 0.25) is 0 Å². The summed E-state index contributed by atoms with van der Waals surface area (Å²) in [5.41, 5.74) is 4.27. The minimum atomic E-state index is -0.944. The minimum Gasteiger partial charge on any atom is -0.481 e. The van der Waals surface area contributed by atoms with Crippen LogP contribution in [0.15, 0.2) is 24.4 Å². The summed E-state index contributed by atoms with van der Waals surface area (Å²) < 4.78 is 1.74. The fourth-order valence-corrected chi connectivity index (χ4v) is 2.44. The average molecular weight is 315 g/mol. The summed E-state index contributed by atoms with van der Waals surface area (Å²) in [6.45, 7) is 7.48. The van der Waals surface area contributed by atoms with Crippen LogP contribution in [0, 0.1) is 20.8 Å². The molecule has 23 heavy (non-hydrogen) atoms. The van der Waals surface area contributed by atoms with Crippen LogP contribution in [0.25, 0.3) is 5.69 Å². The van der Waals surface area contributed by atoms with Crippen LogP contribution in [0.3, 0.4) is 0 Å². The molecule has 1 amide bonds. The first-order chi connectivity index (χ1) is 10.8. The largest absolute Gasteiger partial charge is 0.481 e. The zero-order chi connectivity index (χ0) is 17.1. The average Bonchev–Trinajstić information content (AvgIpc) is 2.82. The third-order valence-electron chi connectivity index (χ3n) is 3.71. The van der Waals surface area contributed by atoms with Crippen molar-refractivity contribution in [2.75, 3.05) is 0 Å². The highest BCUT2D eigenvalue weighted by atomic mass is 16.4. The molecule has 1 aromatic carbocycles. The summed E-state index contributed by atoms with van der Waals surface area (Å²) in [4.78, 5) is 23.0. The van der Waals surface area contributed by atoms with Gasteiger partial charge in [-0.15, -0.1) is 0 Å². The topological polar surface area (TPSA) is 84.2 Å². The lowest BCUT2D eigenvalue weighted by Gasteiger charge is -2.12. The van der Waals surface area contributed by atoms with Crippen molar-refractivity contribution in [3.63, 3.8) is 0 Å². The lowest BCUT2D eigenvalue weighted by atomic mass is 10.1. The highest BCUT2D eigenvalue weighted by Crippen LogP contribution is 2.19. The fraction of sp³-hybridized carbons (Fsp3) is 0.353. The van der Waals surface area contributed by atoms with Crippen molar-refractivity contribution in [2.24, 2.45) is 0 Å². The van der Waals surface area contributed by atoms with Crippen LogP contribution in [0.4, 0.5) is 0 Å². The summed E-state index contributed by atoms with van der Waals surface area (Å²) >= 11 is 0. The Morgan fingerprint density at radius 2 is 2.00 bits per heavy atom. The first-order valence-corrected chi connectivity index (χ1v) is 7.44. The van der Waals surface area contributed by atoms with Gasteiger partial charge in [-0.1, -0.05) is 12.1 Å². The number of rotatable bonds is 5. The van der Waals surface area contributed by atoms with E-state index < -0.39 is 12.0 Å². The molecule has 0 bridgehead atoms. The first-order valence-electron chi connectivity index (χ1n) is 7.44. The second-order valence-corrected chi connectivity index (χ2v) is 5.82. The minimum absolute atomic E-state index is 0.115. The number of aliphatic carboxylic acids is 1. The molecule has 1 atom stereocenters. The molecule has 1 heterocycles. The molecule has 0 fully saturated rings. The molecule has 6 heteroatoms. The van der Waals surface area contributed by atoms with Crippen molar-refractivity contribution < 1.29 is 14.7 Å². The van der Waals surface area contributed by atoms with E-state index in [9.17, 15) is 9.59 Å². The maximum absolute atomic E-state index is 12.3. The van der Waals surface area contributed by atoms with E-state index in [1.165, 1.54) is 6.20 Å². The standard InChI is InChI=1S/C17H21N3O3/c1-10-5-6-11(2)15(7-10)20-13(4)14(9-18-20)17(23)19-12(3)8-16(21)22/h5-7,9,12H,8H2,1-4H3,(H,19,23)(H,21,22). The zero-order valence-electron chi connectivity index (χ0n) is 13.8. The van der Waals surface area contributed by atoms with Crippen LogP contribution in [0.1, 0.15) is 40.5 Å². The van der Waals surface area contributed by atoms with Crippen molar-refractivity contribution >= 4 is 11.9 Å². The maximum Gasteiger partial charge on any atom is 0.305 e. The van der Waals surface area contributed by atoms with Crippen LogP contribution >= 0.6 is 0 Å². The highest BCUT2D eigenvalue weighted by molar-refractivity contribution is 5.95. The highest BCUT2D eigenvalue weighted by Gasteiger charge is 2.18. The van der Waals surface area contributed by atoms with Crippen molar-refractivity contribution in [1.82, 2.24) is 15.1 Å². The Kier molecular flexibility index (Phi) is 4.83. The summed E-state index contributed by atoms with van der Waals surface area (Å²) in [7, 11) is 0. The number of carboxylic acid groups (broad SMARTS) is 1. The van der Waals surface area contributed by atoms with Gasteiger partial charge >= 0.3 is 5.97 Å². The fourth-order valence-electron chi connectivity index (χ4n) is 2.44. The maximum atomic E-state index is 12.3. The quantitative estimate of drug-likeness (QED) is 0.887. The van der Waals surface area contributed by atoms with Crippen molar-refractivity contribution in [3.8, 4) is 5.69 Å². The lowest BCUT2D eigenvalue weighted by molar-refractivity contribution is -0.137. The lowest BCUT2D eigenvalue weighted by Crippen LogP contribution is -2.34. The molecule has 0 aliphatic rings. The number of carbonyl (C=O) groups excluding carboxylic acids is 1. The van der Waals surface area contributed by atoms with Crippen LogP contribution in [-0.4, -0.2) is 32.8 Å². The number of benzene rings is 1. The molecule has 6 nitrogen and oxygen atoms in total. The summed E-state index contributed by atoms with van der Waals surface area (Å²) in [6.07, 6.45) is 1.40. The molecule has 0 radical (unpaired) electrons. The number of aryl methyl sites for hydroxylation is 2. The van der Waals surface area contributed by atoms with Crippen molar-refractivity contribution in [2.45, 2.75) is 40.2 Å². The van der Waals surface area contributed by atoms with Crippen LogP contribution in [0.2, 0.25) is 0 Å². The molecule has 1 unspecified atom stereocenters. The molecule has 1 aromatic heterocycles. The summed E-state index contributed by atoms with van der Waals surface area (Å²) in [5.74, 6) is -1.26. The molecule has 0 spiro atoms. The molecule has 0 aliphatic heterocycles. The van der Waals surface area contributed by atoms with Crippen molar-refractivity contribution in [1.29, 1.82) is 0 Å². The monoisotopic (exact) mass is 315 g/mol. The number of aromatic nitrogens is 2. The van der Waals surface area contributed by atoms with Gasteiger partial charge in [0.15, 0.2) is 0 Å². The molecule has 0 aliphatic carbocycles. The zero-order valence-corrected chi connectivity index (χ0v) is 13.8. The van der Waals surface area contributed by atoms with E-state index in [2.05, 4.69) is 10.4 Å². The van der Waals surface area contributed by atoms with Crippen LogP contribution in [-0.2, 0) is 4.79 Å². The summed E-state index contributed by atoms with van der Waals surface area (Å²) in [5, 5.41) is 15.8. The molecule has 2 rings (SSSR count). The van der Waals surface area contributed by atoms with E-state index in [1.807, 2.05) is 39.0 Å². The number of hydrogen-bond acceptors (Lipinski definition) is 3. The Balaban J connectivity index is 2.27. The van der Waals surface area contributed by atoms with E-state index >= 15 is 0 Å². The molecule has 0 saturated carbocycles. The number of nitrogens with one attached hydrogen (secondary N) is 1. The smallest absolute Gasteiger partial charge is 0.305 e. The number of carboxylic acids is 1. The van der Waals surface area contributed by atoms with Crippen LogP contribution < -0.4 is 5.32 Å². The van der Waals surface area contributed by atoms with Gasteiger partial charge in [0.05, 0.1) is 29.6 Å². The number of amides is 1. The van der Waals surface area contributed by atoms with Gasteiger partial charge in [-0.3, -0.25) is 9.59 Å². The van der Waals surface area contributed by atoms with Gasteiger partial charge in [0, 0.05) is 6.04 Å². The van der Waals surface area contributed by atoms with E-state index in [-0.39, 0.29) is 12.3 Å². The van der Waals surface area contributed by atoms with Gasteiger partial charge in [0.1, 0.15) is 0 Å².